The number of amides is 1. The summed E-state index contributed by atoms with van der Waals surface area (Å²) in [4.78, 5) is 14.3. The monoisotopic (exact) mass is 423 g/mol. The lowest BCUT2D eigenvalue weighted by Gasteiger charge is -2.18. The maximum Gasteiger partial charge on any atom is 0.264 e. The van der Waals surface area contributed by atoms with Gasteiger partial charge in [0.1, 0.15) is 5.75 Å². The van der Waals surface area contributed by atoms with Crippen molar-refractivity contribution in [1.82, 2.24) is 0 Å². The van der Waals surface area contributed by atoms with Gasteiger partial charge >= 0.3 is 0 Å². The van der Waals surface area contributed by atoms with Crippen molar-refractivity contribution >= 4 is 43.5 Å². The number of ether oxygens (including phenoxy) is 1. The van der Waals surface area contributed by atoms with Gasteiger partial charge in [0.2, 0.25) is 0 Å². The molecular weight excluding hydrogens is 410 g/mol. The summed E-state index contributed by atoms with van der Waals surface area (Å²) >= 11 is 6.92. The third-order valence-electron chi connectivity index (χ3n) is 3.72. The van der Waals surface area contributed by atoms with Crippen LogP contribution in [0.5, 0.6) is 5.75 Å². The van der Waals surface area contributed by atoms with Gasteiger partial charge in [0.15, 0.2) is 6.61 Å². The summed E-state index contributed by atoms with van der Waals surface area (Å²) in [7, 11) is 0. The Morgan fingerprint density at radius 3 is 2.82 bits per heavy atom. The van der Waals surface area contributed by atoms with Gasteiger partial charge in [-0.25, -0.2) is 0 Å². The molecule has 0 bridgehead atoms. The van der Waals surface area contributed by atoms with E-state index in [9.17, 15) is 4.79 Å². The molecule has 0 N–H and O–H groups in total. The third-order valence-corrected chi connectivity index (χ3v) is 4.77. The quantitative estimate of drug-likeness (QED) is 0.726. The van der Waals surface area contributed by atoms with E-state index in [-0.39, 0.29) is 12.5 Å². The molecule has 0 saturated heterocycles. The van der Waals surface area contributed by atoms with Gasteiger partial charge in [-0.2, -0.15) is 0 Å². The number of aryl methyl sites for hydroxylation is 1. The maximum atomic E-state index is 12.4. The lowest BCUT2D eigenvalue weighted by atomic mass is 10.2. The minimum atomic E-state index is -0.0147. The van der Waals surface area contributed by atoms with Crippen LogP contribution in [-0.4, -0.2) is 19.1 Å². The van der Waals surface area contributed by atoms with Gasteiger partial charge in [-0.15, -0.1) is 0 Å². The van der Waals surface area contributed by atoms with Crippen LogP contribution in [0.4, 0.5) is 5.69 Å². The van der Waals surface area contributed by atoms with E-state index in [4.69, 9.17) is 4.74 Å². The van der Waals surface area contributed by atoms with Crippen LogP contribution in [-0.2, 0) is 11.2 Å². The minimum absolute atomic E-state index is 0.0147. The maximum absolute atomic E-state index is 12.4. The number of hydrogen-bond acceptors (Lipinski definition) is 2. The van der Waals surface area contributed by atoms with Crippen LogP contribution in [0.1, 0.15) is 11.1 Å². The summed E-state index contributed by atoms with van der Waals surface area (Å²) in [6.45, 7) is 2.72. The first-order valence-electron chi connectivity index (χ1n) is 7.03. The lowest BCUT2D eigenvalue weighted by molar-refractivity contribution is -0.120. The fraction of sp³-hybridized carbons (Fsp3) is 0.235. The molecule has 2 aromatic rings. The van der Waals surface area contributed by atoms with Gasteiger partial charge in [-0.05, 0) is 58.6 Å². The molecule has 0 atom stereocenters. The van der Waals surface area contributed by atoms with Gasteiger partial charge in [0.25, 0.3) is 5.91 Å². The second-order valence-corrected chi connectivity index (χ2v) is 7.02. The second kappa shape index (κ2) is 6.42. The summed E-state index contributed by atoms with van der Waals surface area (Å²) in [6.07, 6.45) is 0.906. The zero-order chi connectivity index (χ0) is 15.7. The summed E-state index contributed by atoms with van der Waals surface area (Å²) in [5.41, 5.74) is 3.20. The first-order chi connectivity index (χ1) is 10.6. The van der Waals surface area contributed by atoms with Crippen LogP contribution in [0.25, 0.3) is 0 Å². The van der Waals surface area contributed by atoms with Gasteiger partial charge in [0.05, 0.1) is 4.47 Å². The number of hydrogen-bond donors (Lipinski definition) is 0. The molecule has 0 spiro atoms. The Labute approximate surface area is 146 Å². The summed E-state index contributed by atoms with van der Waals surface area (Å²) in [6, 6.07) is 11.9. The third kappa shape index (κ3) is 3.06. The molecule has 0 aromatic heterocycles. The highest BCUT2D eigenvalue weighted by Crippen LogP contribution is 2.33. The Morgan fingerprint density at radius 2 is 2.05 bits per heavy atom. The molecule has 5 heteroatoms. The van der Waals surface area contributed by atoms with E-state index in [0.29, 0.717) is 5.75 Å². The van der Waals surface area contributed by atoms with Crippen molar-refractivity contribution in [2.75, 3.05) is 18.1 Å². The average molecular weight is 425 g/mol. The molecule has 0 aliphatic carbocycles. The molecule has 0 fully saturated rings. The number of carbonyl (C=O) groups excluding carboxylic acids is 1. The topological polar surface area (TPSA) is 29.5 Å². The Morgan fingerprint density at radius 1 is 1.27 bits per heavy atom. The minimum Gasteiger partial charge on any atom is -0.482 e. The normalized spacial score (nSPS) is 13.1. The summed E-state index contributed by atoms with van der Waals surface area (Å²) in [5.74, 6) is 0.697. The van der Waals surface area contributed by atoms with Crippen molar-refractivity contribution in [3.8, 4) is 5.75 Å². The smallest absolute Gasteiger partial charge is 0.264 e. The van der Waals surface area contributed by atoms with E-state index in [1.165, 1.54) is 5.56 Å². The molecule has 1 aliphatic heterocycles. The molecule has 22 heavy (non-hydrogen) atoms. The van der Waals surface area contributed by atoms with E-state index in [1.54, 1.807) is 4.90 Å². The highest BCUT2D eigenvalue weighted by atomic mass is 79.9. The molecule has 1 aliphatic rings. The molecule has 1 amide bonds. The molecular formula is C17H15Br2NO2. The van der Waals surface area contributed by atoms with Gasteiger partial charge in [-0.3, -0.25) is 4.79 Å². The first-order valence-corrected chi connectivity index (χ1v) is 8.61. The Balaban J connectivity index is 1.72. The zero-order valence-corrected chi connectivity index (χ0v) is 15.3. The average Bonchev–Trinajstić information content (AvgIpc) is 2.90. The fourth-order valence-electron chi connectivity index (χ4n) is 2.68. The molecule has 3 nitrogen and oxygen atoms in total. The molecule has 2 aromatic carbocycles. The van der Waals surface area contributed by atoms with Crippen molar-refractivity contribution < 1.29 is 9.53 Å². The van der Waals surface area contributed by atoms with Crippen molar-refractivity contribution in [3.05, 3.63) is 56.5 Å². The molecule has 3 rings (SSSR count). The van der Waals surface area contributed by atoms with Crippen molar-refractivity contribution in [1.29, 1.82) is 0 Å². The SMILES string of the molecule is Cc1cc(Br)cc(Br)c1OCC(=O)N1CCc2ccccc21. The van der Waals surface area contributed by atoms with E-state index in [2.05, 4.69) is 37.9 Å². The fourth-order valence-corrected chi connectivity index (χ4v) is 4.23. The van der Waals surface area contributed by atoms with E-state index >= 15 is 0 Å². The van der Waals surface area contributed by atoms with E-state index < -0.39 is 0 Å². The standard InChI is InChI=1S/C17H15Br2NO2/c1-11-8-13(18)9-14(19)17(11)22-10-16(21)20-7-6-12-4-2-3-5-15(12)20/h2-5,8-9H,6-7,10H2,1H3. The van der Waals surface area contributed by atoms with Crippen LogP contribution < -0.4 is 9.64 Å². The number of nitrogens with zero attached hydrogens (tertiary/aromatic N) is 1. The van der Waals surface area contributed by atoms with Crippen LogP contribution in [0.15, 0.2) is 45.3 Å². The molecule has 1 heterocycles. The first kappa shape index (κ1) is 15.6. The van der Waals surface area contributed by atoms with Crippen molar-refractivity contribution in [3.63, 3.8) is 0 Å². The summed E-state index contributed by atoms with van der Waals surface area (Å²) < 4.78 is 7.57. The van der Waals surface area contributed by atoms with Gasteiger partial charge < -0.3 is 9.64 Å². The molecule has 0 radical (unpaired) electrons. The predicted molar refractivity (Wildman–Crippen MR) is 94.6 cm³/mol. The number of benzene rings is 2. The van der Waals surface area contributed by atoms with E-state index in [0.717, 1.165) is 33.2 Å². The van der Waals surface area contributed by atoms with Crippen LogP contribution in [0, 0.1) is 6.92 Å². The number of para-hydroxylation sites is 1. The lowest BCUT2D eigenvalue weighted by Crippen LogP contribution is -2.33. The van der Waals surface area contributed by atoms with Crippen LogP contribution >= 0.6 is 31.9 Å². The number of halogens is 2. The highest BCUT2D eigenvalue weighted by Gasteiger charge is 2.24. The van der Waals surface area contributed by atoms with Crippen molar-refractivity contribution in [2.24, 2.45) is 0 Å². The zero-order valence-electron chi connectivity index (χ0n) is 12.1. The second-order valence-electron chi connectivity index (χ2n) is 5.25. The number of rotatable bonds is 3. The Kier molecular flexibility index (Phi) is 4.54. The van der Waals surface area contributed by atoms with E-state index in [1.807, 2.05) is 37.3 Å². The van der Waals surface area contributed by atoms with Crippen molar-refractivity contribution in [2.45, 2.75) is 13.3 Å². The van der Waals surface area contributed by atoms with Gasteiger partial charge in [-0.1, -0.05) is 34.1 Å². The predicted octanol–water partition coefficient (Wildman–Crippen LogP) is 4.49. The number of anilines is 1. The van der Waals surface area contributed by atoms with Crippen LogP contribution in [0.3, 0.4) is 0 Å². The number of carbonyl (C=O) groups is 1. The Hall–Kier alpha value is -1.33. The number of fused-ring (bicyclic) bond motifs is 1. The van der Waals surface area contributed by atoms with Crippen LogP contribution in [0.2, 0.25) is 0 Å². The molecule has 114 valence electrons. The summed E-state index contributed by atoms with van der Waals surface area (Å²) in [5, 5.41) is 0. The molecule has 0 saturated carbocycles. The molecule has 0 unspecified atom stereocenters. The van der Waals surface area contributed by atoms with Gasteiger partial charge in [0, 0.05) is 16.7 Å². The Bertz CT molecular complexity index is 707. The highest BCUT2D eigenvalue weighted by molar-refractivity contribution is 9.11. The largest absolute Gasteiger partial charge is 0.482 e.